The van der Waals surface area contributed by atoms with Crippen LogP contribution in [0.3, 0.4) is 0 Å². The molecular formula is C23H44N2. The summed E-state index contributed by atoms with van der Waals surface area (Å²) in [5.41, 5.74) is 2.74. The molecule has 3 atom stereocenters. The Morgan fingerprint density at radius 1 is 1.00 bits per heavy atom. The summed E-state index contributed by atoms with van der Waals surface area (Å²) in [6.45, 7) is 30.6. The van der Waals surface area contributed by atoms with Crippen LogP contribution in [0.25, 0.3) is 0 Å². The zero-order valence-corrected chi connectivity index (χ0v) is 18.3. The molecule has 146 valence electrons. The van der Waals surface area contributed by atoms with Crippen molar-refractivity contribution in [3.8, 4) is 0 Å². The lowest BCUT2D eigenvalue weighted by Crippen LogP contribution is -2.47. The summed E-state index contributed by atoms with van der Waals surface area (Å²) in [7, 11) is 0. The standard InChI is InChI=1S/C23H44N2/c1-12-18(7)19(8)15-21(17(5)6)24-20(9)25-22(14-16(3)4)23(10,11)13-2/h17,19,21-22,24-25H,3,7,9,12-15H2,1-2,4-6,8,10-11H3. The molecule has 0 aliphatic carbocycles. The van der Waals surface area contributed by atoms with Crippen LogP contribution in [-0.4, -0.2) is 12.1 Å². The third-order valence-corrected chi connectivity index (χ3v) is 5.68. The van der Waals surface area contributed by atoms with Crippen molar-refractivity contribution < 1.29 is 0 Å². The molecule has 2 heteroatoms. The molecule has 0 saturated heterocycles. The first kappa shape index (κ1) is 23.8. The largest absolute Gasteiger partial charge is 0.369 e. The molecular weight excluding hydrogens is 304 g/mol. The molecule has 0 aromatic rings. The predicted octanol–water partition coefficient (Wildman–Crippen LogP) is 6.42. The number of nitrogens with one attached hydrogen (secondary N) is 2. The minimum Gasteiger partial charge on any atom is -0.369 e. The van der Waals surface area contributed by atoms with E-state index < -0.39 is 0 Å². The van der Waals surface area contributed by atoms with Crippen molar-refractivity contribution in [2.45, 2.75) is 93.2 Å². The van der Waals surface area contributed by atoms with Gasteiger partial charge in [0.1, 0.15) is 0 Å². The van der Waals surface area contributed by atoms with E-state index in [0.717, 1.165) is 31.5 Å². The van der Waals surface area contributed by atoms with Crippen LogP contribution in [0.15, 0.2) is 36.7 Å². The fourth-order valence-electron chi connectivity index (χ4n) is 2.99. The Hall–Kier alpha value is -1.18. The van der Waals surface area contributed by atoms with Gasteiger partial charge >= 0.3 is 0 Å². The maximum Gasteiger partial charge on any atom is 0.0917 e. The molecule has 2 nitrogen and oxygen atoms in total. The second kappa shape index (κ2) is 10.7. The van der Waals surface area contributed by atoms with E-state index in [1.165, 1.54) is 11.1 Å². The lowest BCUT2D eigenvalue weighted by molar-refractivity contribution is 0.234. The fraction of sp³-hybridized carbons (Fsp3) is 0.739. The first-order chi connectivity index (χ1) is 11.4. The second-order valence-electron chi connectivity index (χ2n) is 8.82. The van der Waals surface area contributed by atoms with Crippen molar-refractivity contribution in [1.82, 2.24) is 10.6 Å². The minimum atomic E-state index is 0.195. The van der Waals surface area contributed by atoms with Gasteiger partial charge in [0, 0.05) is 12.1 Å². The van der Waals surface area contributed by atoms with E-state index in [0.29, 0.717) is 23.9 Å². The SMILES string of the molecule is C=C(C)CC(NC(=C)NC(CC(C)C(=C)CC)C(C)C)C(C)(C)CC. The highest BCUT2D eigenvalue weighted by Gasteiger charge is 2.28. The van der Waals surface area contributed by atoms with Gasteiger partial charge in [0.15, 0.2) is 0 Å². The molecule has 0 bridgehead atoms. The van der Waals surface area contributed by atoms with E-state index in [9.17, 15) is 0 Å². The molecule has 2 N–H and O–H groups in total. The molecule has 0 radical (unpaired) electrons. The van der Waals surface area contributed by atoms with Crippen LogP contribution in [0.4, 0.5) is 0 Å². The van der Waals surface area contributed by atoms with Crippen LogP contribution in [0.2, 0.25) is 0 Å². The highest BCUT2D eigenvalue weighted by Crippen LogP contribution is 2.29. The van der Waals surface area contributed by atoms with Crippen LogP contribution in [0, 0.1) is 17.3 Å². The van der Waals surface area contributed by atoms with Crippen LogP contribution in [0.5, 0.6) is 0 Å². The van der Waals surface area contributed by atoms with Crippen molar-refractivity contribution in [2.24, 2.45) is 17.3 Å². The Morgan fingerprint density at radius 3 is 1.96 bits per heavy atom. The molecule has 0 aliphatic heterocycles. The monoisotopic (exact) mass is 348 g/mol. The summed E-state index contributed by atoms with van der Waals surface area (Å²) < 4.78 is 0. The van der Waals surface area contributed by atoms with Gasteiger partial charge in [-0.25, -0.2) is 0 Å². The lowest BCUT2D eigenvalue weighted by Gasteiger charge is -2.37. The first-order valence-corrected chi connectivity index (χ1v) is 9.98. The fourth-order valence-corrected chi connectivity index (χ4v) is 2.99. The van der Waals surface area contributed by atoms with Crippen LogP contribution >= 0.6 is 0 Å². The zero-order valence-electron chi connectivity index (χ0n) is 18.3. The van der Waals surface area contributed by atoms with Gasteiger partial charge in [0.05, 0.1) is 5.82 Å². The van der Waals surface area contributed by atoms with Crippen molar-refractivity contribution in [1.29, 1.82) is 0 Å². The van der Waals surface area contributed by atoms with Crippen LogP contribution in [0.1, 0.15) is 81.1 Å². The molecule has 3 unspecified atom stereocenters. The van der Waals surface area contributed by atoms with Gasteiger partial charge in [-0.3, -0.25) is 0 Å². The smallest absolute Gasteiger partial charge is 0.0917 e. The van der Waals surface area contributed by atoms with Gasteiger partial charge in [-0.2, -0.15) is 0 Å². The molecule has 0 fully saturated rings. The highest BCUT2D eigenvalue weighted by molar-refractivity contribution is 5.05. The maximum atomic E-state index is 4.27. The van der Waals surface area contributed by atoms with Gasteiger partial charge in [0.2, 0.25) is 0 Å². The zero-order chi connectivity index (χ0) is 19.8. The van der Waals surface area contributed by atoms with Crippen molar-refractivity contribution in [2.75, 3.05) is 0 Å². The van der Waals surface area contributed by atoms with Crippen molar-refractivity contribution in [3.63, 3.8) is 0 Å². The summed E-state index contributed by atoms with van der Waals surface area (Å²) >= 11 is 0. The van der Waals surface area contributed by atoms with Gasteiger partial charge in [-0.15, -0.1) is 6.58 Å². The van der Waals surface area contributed by atoms with Gasteiger partial charge in [0.25, 0.3) is 0 Å². The first-order valence-electron chi connectivity index (χ1n) is 9.98. The Labute approximate surface area is 158 Å². The normalized spacial score (nSPS) is 15.4. The van der Waals surface area contributed by atoms with Gasteiger partial charge < -0.3 is 10.6 Å². The highest BCUT2D eigenvalue weighted by atomic mass is 15.1. The summed E-state index contributed by atoms with van der Waals surface area (Å²) in [5.74, 6) is 2.00. The van der Waals surface area contributed by atoms with Crippen molar-refractivity contribution >= 4 is 0 Å². The third kappa shape index (κ3) is 8.65. The quantitative estimate of drug-likeness (QED) is 0.375. The number of rotatable bonds is 13. The van der Waals surface area contributed by atoms with Crippen LogP contribution < -0.4 is 10.6 Å². The molecule has 0 heterocycles. The van der Waals surface area contributed by atoms with E-state index in [1.807, 2.05) is 0 Å². The molecule has 0 spiro atoms. The van der Waals surface area contributed by atoms with Gasteiger partial charge in [-0.05, 0) is 49.9 Å². The number of hydrogen-bond acceptors (Lipinski definition) is 2. The van der Waals surface area contributed by atoms with E-state index in [2.05, 4.69) is 85.8 Å². The lowest BCUT2D eigenvalue weighted by atomic mass is 9.79. The molecule has 0 aromatic heterocycles. The Morgan fingerprint density at radius 2 is 1.56 bits per heavy atom. The number of hydrogen-bond donors (Lipinski definition) is 2. The summed E-state index contributed by atoms with van der Waals surface area (Å²) in [6.07, 6.45) is 4.23. The molecule has 0 rings (SSSR count). The molecule has 0 aromatic carbocycles. The minimum absolute atomic E-state index is 0.195. The van der Waals surface area contributed by atoms with E-state index in [-0.39, 0.29) is 5.41 Å². The Kier molecular flexibility index (Phi) is 10.2. The maximum absolute atomic E-state index is 4.27. The Bertz CT molecular complexity index is 445. The number of allylic oxidation sites excluding steroid dienone is 1. The molecule has 0 aliphatic rings. The van der Waals surface area contributed by atoms with E-state index >= 15 is 0 Å². The second-order valence-corrected chi connectivity index (χ2v) is 8.82. The van der Waals surface area contributed by atoms with E-state index in [4.69, 9.17) is 0 Å². The van der Waals surface area contributed by atoms with E-state index in [1.54, 1.807) is 0 Å². The third-order valence-electron chi connectivity index (χ3n) is 5.68. The summed E-state index contributed by atoms with van der Waals surface area (Å²) in [5, 5.41) is 7.30. The average Bonchev–Trinajstić information content (AvgIpc) is 2.51. The molecule has 0 saturated carbocycles. The van der Waals surface area contributed by atoms with Gasteiger partial charge in [-0.1, -0.05) is 72.8 Å². The molecule has 25 heavy (non-hydrogen) atoms. The molecule has 0 amide bonds. The summed E-state index contributed by atoms with van der Waals surface area (Å²) in [6, 6.07) is 0.736. The predicted molar refractivity (Wildman–Crippen MR) is 115 cm³/mol. The summed E-state index contributed by atoms with van der Waals surface area (Å²) in [4.78, 5) is 0. The Balaban J connectivity index is 4.98. The van der Waals surface area contributed by atoms with Crippen molar-refractivity contribution in [3.05, 3.63) is 36.7 Å². The van der Waals surface area contributed by atoms with Crippen LogP contribution in [-0.2, 0) is 0 Å². The average molecular weight is 349 g/mol. The topological polar surface area (TPSA) is 24.1 Å².